The fourth-order valence-corrected chi connectivity index (χ4v) is 1.21. The standard InChI is InChI=1S/C9H7ClN3/c1-7-4-6-13(12-7)9-8(10)3-2-5-11-9/h2-5H,1H3. The average molecular weight is 193 g/mol. The van der Waals surface area contributed by atoms with Crippen molar-refractivity contribution in [3.8, 4) is 5.82 Å². The van der Waals surface area contributed by atoms with Gasteiger partial charge in [0.15, 0.2) is 5.82 Å². The molecule has 2 aromatic heterocycles. The van der Waals surface area contributed by atoms with Gasteiger partial charge in [-0.3, -0.25) is 0 Å². The number of aryl methyl sites for hydroxylation is 1. The molecule has 0 aliphatic carbocycles. The summed E-state index contributed by atoms with van der Waals surface area (Å²) in [6, 6.07) is 5.34. The van der Waals surface area contributed by atoms with Gasteiger partial charge in [0.25, 0.3) is 0 Å². The number of hydrogen-bond donors (Lipinski definition) is 0. The highest BCUT2D eigenvalue weighted by atomic mass is 35.5. The van der Waals surface area contributed by atoms with E-state index >= 15 is 0 Å². The van der Waals surface area contributed by atoms with Crippen LogP contribution in [0.3, 0.4) is 0 Å². The predicted molar refractivity (Wildman–Crippen MR) is 49.9 cm³/mol. The van der Waals surface area contributed by atoms with Gasteiger partial charge in [-0.25, -0.2) is 9.67 Å². The maximum atomic E-state index is 5.92. The molecule has 2 heterocycles. The maximum absolute atomic E-state index is 5.92. The van der Waals surface area contributed by atoms with Crippen LogP contribution in [-0.4, -0.2) is 14.8 Å². The second-order valence-electron chi connectivity index (χ2n) is 2.64. The van der Waals surface area contributed by atoms with E-state index in [-0.39, 0.29) is 0 Å². The average Bonchev–Trinajstić information content (AvgIpc) is 2.53. The van der Waals surface area contributed by atoms with Gasteiger partial charge < -0.3 is 0 Å². The molecule has 65 valence electrons. The monoisotopic (exact) mass is 192 g/mol. The Kier molecular flexibility index (Phi) is 2.02. The topological polar surface area (TPSA) is 30.7 Å². The minimum Gasteiger partial charge on any atom is -0.236 e. The van der Waals surface area contributed by atoms with Gasteiger partial charge in [0.05, 0.1) is 16.9 Å². The maximum Gasteiger partial charge on any atom is 0.172 e. The largest absolute Gasteiger partial charge is 0.236 e. The van der Waals surface area contributed by atoms with Crippen LogP contribution in [0.5, 0.6) is 0 Å². The van der Waals surface area contributed by atoms with Crippen molar-refractivity contribution in [1.82, 2.24) is 14.8 Å². The summed E-state index contributed by atoms with van der Waals surface area (Å²) in [5.74, 6) is 0.609. The zero-order valence-electron chi connectivity index (χ0n) is 7.03. The number of halogens is 1. The molecular formula is C9H7ClN3. The van der Waals surface area contributed by atoms with Gasteiger partial charge in [-0.1, -0.05) is 11.6 Å². The third-order valence-electron chi connectivity index (χ3n) is 1.59. The van der Waals surface area contributed by atoms with Crippen LogP contribution in [-0.2, 0) is 0 Å². The molecule has 0 amide bonds. The predicted octanol–water partition coefficient (Wildman–Crippen LogP) is 2.03. The number of hydrogen-bond acceptors (Lipinski definition) is 2. The molecule has 13 heavy (non-hydrogen) atoms. The Hall–Kier alpha value is -1.35. The van der Waals surface area contributed by atoms with E-state index in [0.29, 0.717) is 10.8 Å². The molecule has 1 radical (unpaired) electrons. The van der Waals surface area contributed by atoms with Gasteiger partial charge in [0.1, 0.15) is 0 Å². The van der Waals surface area contributed by atoms with E-state index in [4.69, 9.17) is 11.6 Å². The SMILES string of the molecule is Cc1c[c]n(-c2ncccc2Cl)n1. The molecule has 3 nitrogen and oxygen atoms in total. The molecule has 0 bridgehead atoms. The van der Waals surface area contributed by atoms with Gasteiger partial charge in [0.2, 0.25) is 0 Å². The van der Waals surface area contributed by atoms with Crippen LogP contribution in [0, 0.1) is 13.1 Å². The molecule has 0 unspecified atom stereocenters. The van der Waals surface area contributed by atoms with Gasteiger partial charge in [-0.05, 0) is 25.1 Å². The molecule has 0 aliphatic heterocycles. The van der Waals surface area contributed by atoms with E-state index in [1.165, 1.54) is 4.68 Å². The first-order valence-electron chi connectivity index (χ1n) is 3.82. The normalized spacial score (nSPS) is 10.3. The Morgan fingerprint density at radius 3 is 3.00 bits per heavy atom. The highest BCUT2D eigenvalue weighted by molar-refractivity contribution is 6.32. The number of pyridine rings is 1. The molecule has 0 aliphatic rings. The van der Waals surface area contributed by atoms with Crippen LogP contribution in [0.4, 0.5) is 0 Å². The lowest BCUT2D eigenvalue weighted by Crippen LogP contribution is -1.98. The lowest BCUT2D eigenvalue weighted by molar-refractivity contribution is 0.827. The van der Waals surface area contributed by atoms with E-state index in [0.717, 1.165) is 5.69 Å². The van der Waals surface area contributed by atoms with Crippen molar-refractivity contribution in [1.29, 1.82) is 0 Å². The quantitative estimate of drug-likeness (QED) is 0.692. The molecule has 2 rings (SSSR count). The van der Waals surface area contributed by atoms with Crippen molar-refractivity contribution in [2.45, 2.75) is 6.92 Å². The minimum atomic E-state index is 0.571. The van der Waals surface area contributed by atoms with Crippen molar-refractivity contribution in [2.75, 3.05) is 0 Å². The van der Waals surface area contributed by atoms with Crippen LogP contribution < -0.4 is 0 Å². The number of nitrogens with zero attached hydrogens (tertiary/aromatic N) is 3. The van der Waals surface area contributed by atoms with E-state index < -0.39 is 0 Å². The summed E-state index contributed by atoms with van der Waals surface area (Å²) in [6.07, 6.45) is 4.59. The van der Waals surface area contributed by atoms with Gasteiger partial charge in [-0.15, -0.1) is 0 Å². The fraction of sp³-hybridized carbons (Fsp3) is 0.111. The summed E-state index contributed by atoms with van der Waals surface area (Å²) in [5.41, 5.74) is 0.890. The first-order chi connectivity index (χ1) is 6.27. The van der Waals surface area contributed by atoms with E-state index in [9.17, 15) is 0 Å². The molecule has 0 spiro atoms. The van der Waals surface area contributed by atoms with Crippen LogP contribution in [0.15, 0.2) is 24.4 Å². The summed E-state index contributed by atoms with van der Waals surface area (Å²) in [5, 5.41) is 4.73. The van der Waals surface area contributed by atoms with Crippen LogP contribution >= 0.6 is 11.6 Å². The van der Waals surface area contributed by atoms with Crippen molar-refractivity contribution in [3.63, 3.8) is 0 Å². The minimum absolute atomic E-state index is 0.571. The highest BCUT2D eigenvalue weighted by Crippen LogP contribution is 2.15. The second kappa shape index (κ2) is 3.18. The summed E-state index contributed by atoms with van der Waals surface area (Å²) in [4.78, 5) is 4.10. The lowest BCUT2D eigenvalue weighted by Gasteiger charge is -2.00. The highest BCUT2D eigenvalue weighted by Gasteiger charge is 2.03. The zero-order chi connectivity index (χ0) is 9.26. The van der Waals surface area contributed by atoms with Gasteiger partial charge in [-0.2, -0.15) is 5.10 Å². The van der Waals surface area contributed by atoms with Crippen molar-refractivity contribution in [2.24, 2.45) is 0 Å². The van der Waals surface area contributed by atoms with Crippen molar-refractivity contribution >= 4 is 11.6 Å². The van der Waals surface area contributed by atoms with Crippen LogP contribution in [0.1, 0.15) is 5.69 Å². The Balaban J connectivity index is 2.52. The first kappa shape index (κ1) is 8.26. The van der Waals surface area contributed by atoms with Gasteiger partial charge >= 0.3 is 0 Å². The van der Waals surface area contributed by atoms with Crippen LogP contribution in [0.25, 0.3) is 5.82 Å². The van der Waals surface area contributed by atoms with Gasteiger partial charge in [0, 0.05) is 6.20 Å². The Bertz CT molecular complexity index is 422. The molecule has 0 N–H and O–H groups in total. The molecule has 2 aromatic rings. The number of aromatic nitrogens is 3. The van der Waals surface area contributed by atoms with E-state index in [1.807, 2.05) is 6.92 Å². The van der Waals surface area contributed by atoms with Crippen LogP contribution in [0.2, 0.25) is 5.02 Å². The summed E-state index contributed by atoms with van der Waals surface area (Å²) < 4.78 is 1.54. The molecule has 0 aromatic carbocycles. The van der Waals surface area contributed by atoms with Crippen molar-refractivity contribution < 1.29 is 0 Å². The zero-order valence-corrected chi connectivity index (χ0v) is 7.78. The van der Waals surface area contributed by atoms with E-state index in [2.05, 4.69) is 16.3 Å². The summed E-state index contributed by atoms with van der Waals surface area (Å²) in [6.45, 7) is 1.89. The molecule has 0 atom stereocenters. The third kappa shape index (κ3) is 1.55. The fourth-order valence-electron chi connectivity index (χ4n) is 1.01. The summed E-state index contributed by atoms with van der Waals surface area (Å²) >= 11 is 5.92. The molecule has 0 saturated carbocycles. The Morgan fingerprint density at radius 2 is 2.38 bits per heavy atom. The Morgan fingerprint density at radius 1 is 1.54 bits per heavy atom. The van der Waals surface area contributed by atoms with E-state index in [1.54, 1.807) is 24.4 Å². The second-order valence-corrected chi connectivity index (χ2v) is 3.04. The molecule has 0 fully saturated rings. The molecular weight excluding hydrogens is 186 g/mol. The molecule has 4 heteroatoms. The number of rotatable bonds is 1. The third-order valence-corrected chi connectivity index (χ3v) is 1.89. The molecule has 0 saturated heterocycles. The summed E-state index contributed by atoms with van der Waals surface area (Å²) in [7, 11) is 0. The Labute approximate surface area is 81.0 Å². The first-order valence-corrected chi connectivity index (χ1v) is 4.20. The smallest absolute Gasteiger partial charge is 0.172 e. The van der Waals surface area contributed by atoms with Crippen molar-refractivity contribution in [3.05, 3.63) is 41.3 Å². The lowest BCUT2D eigenvalue weighted by atomic mass is 10.4.